The predicted molar refractivity (Wildman–Crippen MR) is 109 cm³/mol. The third kappa shape index (κ3) is 4.44. The molecule has 9 heteroatoms. The number of hydrogen-bond donors (Lipinski definition) is 1. The highest BCUT2D eigenvalue weighted by atomic mass is 32.1. The summed E-state index contributed by atoms with van der Waals surface area (Å²) in [6.07, 6.45) is 4.51. The van der Waals surface area contributed by atoms with Gasteiger partial charge >= 0.3 is 0 Å². The molecule has 4 aromatic rings. The van der Waals surface area contributed by atoms with Gasteiger partial charge in [0.2, 0.25) is 5.89 Å². The Hall–Kier alpha value is -2.62. The smallest absolute Gasteiger partial charge is 0.291 e. The Labute approximate surface area is 171 Å². The summed E-state index contributed by atoms with van der Waals surface area (Å²) in [5, 5.41) is 12.0. The Morgan fingerprint density at radius 1 is 1.25 bits per heavy atom. The third-order valence-electron chi connectivity index (χ3n) is 4.23. The number of nitrogens with one attached hydrogen (secondary N) is 1. The molecule has 0 aliphatic carbocycles. The van der Waals surface area contributed by atoms with Crippen molar-refractivity contribution < 1.29 is 9.32 Å². The van der Waals surface area contributed by atoms with E-state index in [9.17, 15) is 0 Å². The lowest BCUT2D eigenvalue weighted by molar-refractivity contribution is -0.917. The summed E-state index contributed by atoms with van der Waals surface area (Å²) in [5.41, 5.74) is 3.15. The van der Waals surface area contributed by atoms with Crippen LogP contribution in [0.15, 0.2) is 52.5 Å². The molecular weight excluding hydrogens is 392 g/mol. The number of nitrogens with zero attached hydrogens (tertiary/aromatic N) is 5. The van der Waals surface area contributed by atoms with Gasteiger partial charge in [-0.25, -0.2) is 9.67 Å². The molecule has 1 unspecified atom stereocenters. The van der Waals surface area contributed by atoms with E-state index in [2.05, 4.69) is 28.4 Å². The molecule has 3 aromatic heterocycles. The maximum absolute atomic E-state index is 5.64. The maximum atomic E-state index is 5.64. The van der Waals surface area contributed by atoms with Crippen molar-refractivity contribution in [1.82, 2.24) is 24.5 Å². The van der Waals surface area contributed by atoms with Crippen LogP contribution in [0.5, 0.6) is 0 Å². The molecule has 0 fully saturated rings. The zero-order chi connectivity index (χ0) is 19.5. The topological polar surface area (TPSA) is 66.1 Å². The molecule has 0 spiro atoms. The maximum Gasteiger partial charge on any atom is 0.291 e. The van der Waals surface area contributed by atoms with E-state index in [-0.39, 0.29) is 0 Å². The van der Waals surface area contributed by atoms with Crippen LogP contribution in [0.3, 0.4) is 0 Å². The Kier molecular flexibility index (Phi) is 5.47. The zero-order valence-electron chi connectivity index (χ0n) is 15.7. The molecule has 0 saturated heterocycles. The van der Waals surface area contributed by atoms with Crippen LogP contribution < -0.4 is 4.90 Å². The second-order valence-electron chi connectivity index (χ2n) is 6.72. The molecule has 3 heterocycles. The number of hydrogen-bond acceptors (Lipinski definition) is 6. The van der Waals surface area contributed by atoms with Gasteiger partial charge in [0.1, 0.15) is 6.54 Å². The van der Waals surface area contributed by atoms with E-state index >= 15 is 0 Å². The van der Waals surface area contributed by atoms with Crippen molar-refractivity contribution in [2.45, 2.75) is 26.6 Å². The lowest BCUT2D eigenvalue weighted by Gasteiger charge is -2.11. The van der Waals surface area contributed by atoms with Crippen LogP contribution in [0.1, 0.15) is 22.2 Å². The fourth-order valence-corrected chi connectivity index (χ4v) is 3.81. The summed E-state index contributed by atoms with van der Waals surface area (Å²) in [4.78, 5) is 6.07. The Balaban J connectivity index is 1.39. The number of quaternary nitrogens is 1. The molecule has 0 aliphatic heterocycles. The van der Waals surface area contributed by atoms with Gasteiger partial charge in [-0.05, 0) is 31.3 Å². The minimum Gasteiger partial charge on any atom is -0.413 e. The number of thiazole rings is 1. The standard InChI is InChI=1S/C19H20N6OS2/c1-14-21-16(12-28-14)8-18-22-25(19(27)26-18)13-23(2)10-15-9-20-24(11-15)17-6-4-3-5-7-17/h3-7,9,11-12H,8,10,13H2,1-2H3/p+1. The van der Waals surface area contributed by atoms with Gasteiger partial charge in [-0.15, -0.1) is 16.4 Å². The molecule has 1 aromatic carbocycles. The number of rotatable bonds is 7. The lowest BCUT2D eigenvalue weighted by atomic mass is 10.3. The van der Waals surface area contributed by atoms with Gasteiger partial charge in [-0.1, -0.05) is 18.2 Å². The van der Waals surface area contributed by atoms with Crippen LogP contribution in [-0.4, -0.2) is 31.6 Å². The van der Waals surface area contributed by atoms with Gasteiger partial charge < -0.3 is 9.32 Å². The van der Waals surface area contributed by atoms with Crippen LogP contribution >= 0.6 is 23.6 Å². The highest BCUT2D eigenvalue weighted by Crippen LogP contribution is 2.12. The quantitative estimate of drug-likeness (QED) is 0.472. The van der Waals surface area contributed by atoms with E-state index in [1.54, 1.807) is 16.0 Å². The van der Waals surface area contributed by atoms with Crippen molar-refractivity contribution >= 4 is 23.6 Å². The van der Waals surface area contributed by atoms with E-state index < -0.39 is 0 Å². The van der Waals surface area contributed by atoms with Crippen molar-refractivity contribution in [2.24, 2.45) is 0 Å². The SMILES string of the molecule is Cc1nc(Cc2nn(C[NH+](C)Cc3cnn(-c4ccccc4)c3)c(=S)o2)cs1. The largest absolute Gasteiger partial charge is 0.413 e. The number of aryl methyl sites for hydroxylation is 1. The molecule has 0 aliphatic rings. The van der Waals surface area contributed by atoms with E-state index in [1.165, 1.54) is 4.90 Å². The minimum atomic E-state index is 0.390. The Morgan fingerprint density at radius 2 is 2.07 bits per heavy atom. The number of benzene rings is 1. The van der Waals surface area contributed by atoms with Crippen molar-refractivity contribution in [2.75, 3.05) is 7.05 Å². The first kappa shape index (κ1) is 18.7. The molecular formula is C19H21N6OS2+. The number of aromatic nitrogens is 5. The second kappa shape index (κ2) is 8.17. The van der Waals surface area contributed by atoms with Crippen molar-refractivity contribution in [3.05, 3.63) is 75.1 Å². The second-order valence-corrected chi connectivity index (χ2v) is 8.13. The molecule has 0 saturated carbocycles. The summed E-state index contributed by atoms with van der Waals surface area (Å²) in [5.74, 6) is 0.597. The van der Waals surface area contributed by atoms with E-state index in [0.717, 1.165) is 28.5 Å². The van der Waals surface area contributed by atoms with Crippen molar-refractivity contribution in [3.8, 4) is 5.69 Å². The Morgan fingerprint density at radius 3 is 2.82 bits per heavy atom. The molecule has 1 N–H and O–H groups in total. The monoisotopic (exact) mass is 413 g/mol. The Bertz CT molecular complexity index is 1110. The molecule has 4 rings (SSSR count). The summed E-state index contributed by atoms with van der Waals surface area (Å²) < 4.78 is 9.27. The van der Waals surface area contributed by atoms with Gasteiger partial charge in [-0.2, -0.15) is 9.78 Å². The number of para-hydroxylation sites is 1. The van der Waals surface area contributed by atoms with Crippen LogP contribution in [0.25, 0.3) is 5.69 Å². The molecule has 28 heavy (non-hydrogen) atoms. The lowest BCUT2D eigenvalue weighted by Crippen LogP contribution is -3.06. The minimum absolute atomic E-state index is 0.390. The average Bonchev–Trinajstić information content (AvgIpc) is 3.38. The van der Waals surface area contributed by atoms with Crippen LogP contribution in [0.2, 0.25) is 0 Å². The van der Waals surface area contributed by atoms with Crippen LogP contribution in [0, 0.1) is 11.8 Å². The normalized spacial score (nSPS) is 12.4. The van der Waals surface area contributed by atoms with Crippen molar-refractivity contribution in [1.29, 1.82) is 0 Å². The fraction of sp³-hybridized carbons (Fsp3) is 0.263. The summed E-state index contributed by atoms with van der Waals surface area (Å²) in [7, 11) is 2.10. The summed E-state index contributed by atoms with van der Waals surface area (Å²) in [6.45, 7) is 3.41. The molecule has 7 nitrogen and oxygen atoms in total. The van der Waals surface area contributed by atoms with Gasteiger partial charge in [0.15, 0.2) is 6.67 Å². The van der Waals surface area contributed by atoms with E-state index in [0.29, 0.717) is 23.8 Å². The average molecular weight is 414 g/mol. The molecule has 0 radical (unpaired) electrons. The molecule has 0 amide bonds. The first-order chi connectivity index (χ1) is 13.6. The van der Waals surface area contributed by atoms with Gasteiger partial charge in [0, 0.05) is 17.1 Å². The highest BCUT2D eigenvalue weighted by Gasteiger charge is 2.13. The third-order valence-corrected chi connectivity index (χ3v) is 5.35. The first-order valence-electron chi connectivity index (χ1n) is 8.95. The zero-order valence-corrected chi connectivity index (χ0v) is 17.3. The molecule has 144 valence electrons. The molecule has 1 atom stereocenters. The van der Waals surface area contributed by atoms with E-state index in [1.807, 2.05) is 53.5 Å². The fourth-order valence-electron chi connectivity index (χ4n) is 3.00. The predicted octanol–water partition coefficient (Wildman–Crippen LogP) is 2.42. The van der Waals surface area contributed by atoms with E-state index in [4.69, 9.17) is 16.6 Å². The van der Waals surface area contributed by atoms with Crippen molar-refractivity contribution in [3.63, 3.8) is 0 Å². The van der Waals surface area contributed by atoms with Gasteiger partial charge in [0.25, 0.3) is 4.84 Å². The summed E-state index contributed by atoms with van der Waals surface area (Å²) >= 11 is 6.95. The van der Waals surface area contributed by atoms with Crippen LogP contribution in [0.4, 0.5) is 0 Å². The van der Waals surface area contributed by atoms with Crippen LogP contribution in [-0.2, 0) is 19.6 Å². The highest BCUT2D eigenvalue weighted by molar-refractivity contribution is 7.71. The van der Waals surface area contributed by atoms with Gasteiger partial charge in [-0.3, -0.25) is 0 Å². The van der Waals surface area contributed by atoms with Gasteiger partial charge in [0.05, 0.1) is 36.1 Å². The first-order valence-corrected chi connectivity index (χ1v) is 10.2. The molecule has 0 bridgehead atoms. The summed E-state index contributed by atoms with van der Waals surface area (Å²) in [6, 6.07) is 10.1.